The Bertz CT molecular complexity index is 659. The third-order valence-electron chi connectivity index (χ3n) is 2.92. The van der Waals surface area contributed by atoms with Crippen molar-refractivity contribution in [2.75, 3.05) is 11.9 Å². The molecule has 0 fully saturated rings. The van der Waals surface area contributed by atoms with Gasteiger partial charge in [-0.05, 0) is 0 Å². The van der Waals surface area contributed by atoms with Crippen LogP contribution in [0.25, 0.3) is 0 Å². The number of hydrogen-bond acceptors (Lipinski definition) is 5. The first kappa shape index (κ1) is 23.1. The molecule has 7 nitrogen and oxygen atoms in total. The van der Waals surface area contributed by atoms with E-state index in [1.165, 1.54) is 17.0 Å². The van der Waals surface area contributed by atoms with Gasteiger partial charge in [-0.25, -0.2) is 0 Å². The standard InChI is InChI=1S/C15H12GeNO3.3H2O/c1-17(13-7-5-12(16)6-8-13)14(18)10-3-2-4-11(9-10)15(19)20;;;/h2-9H,1H3,(H,19,20);3*1H2/q+3;;;/p-3. The molecule has 23 heavy (non-hydrogen) atoms. The van der Waals surface area contributed by atoms with Crippen LogP contribution in [0.1, 0.15) is 20.7 Å². The van der Waals surface area contributed by atoms with Gasteiger partial charge in [-0.15, -0.1) is 0 Å². The fraction of sp³-hybridized carbons (Fsp3) is 0.0667. The molecule has 0 aliphatic heterocycles. The second-order valence-electron chi connectivity index (χ2n) is 4.30. The summed E-state index contributed by atoms with van der Waals surface area (Å²) in [4.78, 5) is 24.8. The van der Waals surface area contributed by atoms with Crippen molar-refractivity contribution in [2.45, 2.75) is 0 Å². The Morgan fingerprint density at radius 2 is 1.48 bits per heavy atom. The van der Waals surface area contributed by atoms with Crippen LogP contribution < -0.4 is 9.30 Å². The molecule has 2 aromatic rings. The number of rotatable bonds is 3. The minimum Gasteiger partial charge on any atom is -0.870 e. The van der Waals surface area contributed by atoms with Crippen molar-refractivity contribution in [1.29, 1.82) is 0 Å². The molecule has 0 radical (unpaired) electrons. The molecular formula is C15H15GeNO6. The topological polar surface area (TPSA) is 148 Å². The monoisotopic (exact) mass is 379 g/mol. The minimum absolute atomic E-state index is 0. The van der Waals surface area contributed by atoms with Crippen LogP contribution in [0.2, 0.25) is 0 Å². The van der Waals surface area contributed by atoms with E-state index >= 15 is 0 Å². The third kappa shape index (κ3) is 5.49. The molecule has 120 valence electrons. The normalized spacial score (nSPS) is 8.83. The van der Waals surface area contributed by atoms with Crippen LogP contribution >= 0.6 is 0 Å². The second kappa shape index (κ2) is 9.75. The average molecular weight is 378 g/mol. The SMILES string of the molecule is CN(C(=O)c1cccc(C(=O)O)c1)c1cc[c]([Ge+3])cc1.[OH-].[OH-].[OH-]. The summed E-state index contributed by atoms with van der Waals surface area (Å²) in [5.74, 6) is -1.28. The van der Waals surface area contributed by atoms with Crippen molar-refractivity contribution < 1.29 is 31.1 Å². The molecule has 1 amide bonds. The van der Waals surface area contributed by atoms with E-state index in [-0.39, 0.29) is 27.9 Å². The summed E-state index contributed by atoms with van der Waals surface area (Å²) in [6, 6.07) is 13.6. The number of carboxylic acid groups (broad SMARTS) is 1. The summed E-state index contributed by atoms with van der Waals surface area (Å²) < 4.78 is 1.11. The van der Waals surface area contributed by atoms with E-state index in [1.807, 2.05) is 40.8 Å². The molecule has 0 saturated carbocycles. The summed E-state index contributed by atoms with van der Waals surface area (Å²) in [7, 11) is 1.67. The maximum Gasteiger partial charge on any atom is -0.870 e. The van der Waals surface area contributed by atoms with E-state index in [1.54, 1.807) is 19.2 Å². The summed E-state index contributed by atoms with van der Waals surface area (Å²) in [5, 5.41) is 8.95. The molecule has 2 aromatic carbocycles. The Kier molecular flexibility index (Phi) is 9.78. The Hall–Kier alpha value is -2.20. The zero-order valence-electron chi connectivity index (χ0n) is 12.2. The molecule has 0 unspecified atom stereocenters. The molecule has 0 spiro atoms. The molecule has 0 aliphatic rings. The average Bonchev–Trinajstić information content (AvgIpc) is 2.46. The Morgan fingerprint density at radius 3 is 2.00 bits per heavy atom. The molecule has 0 aromatic heterocycles. The van der Waals surface area contributed by atoms with Gasteiger partial charge < -0.3 is 16.4 Å². The molecule has 0 bridgehead atoms. The first-order valence-corrected chi connectivity index (χ1v) is 6.97. The number of aromatic carboxylic acids is 1. The van der Waals surface area contributed by atoms with Gasteiger partial charge in [-0.1, -0.05) is 0 Å². The number of carbonyl (C=O) groups excluding carboxylic acids is 1. The predicted molar refractivity (Wildman–Crippen MR) is 83.8 cm³/mol. The van der Waals surface area contributed by atoms with Crippen molar-refractivity contribution in [2.24, 2.45) is 0 Å². The van der Waals surface area contributed by atoms with Gasteiger partial charge in [0.05, 0.1) is 0 Å². The number of benzene rings is 2. The van der Waals surface area contributed by atoms with Gasteiger partial charge in [-0.2, -0.15) is 0 Å². The Balaban J connectivity index is 0. The molecule has 0 heterocycles. The maximum absolute atomic E-state index is 12.3. The number of nitrogens with zero attached hydrogens (tertiary/aromatic N) is 1. The summed E-state index contributed by atoms with van der Waals surface area (Å²) >= 11 is 1.97. The van der Waals surface area contributed by atoms with Gasteiger partial charge in [0.25, 0.3) is 0 Å². The van der Waals surface area contributed by atoms with E-state index in [0.29, 0.717) is 5.56 Å². The van der Waals surface area contributed by atoms with Crippen LogP contribution in [-0.2, 0) is 0 Å². The van der Waals surface area contributed by atoms with Gasteiger partial charge in [0.1, 0.15) is 0 Å². The molecule has 0 saturated heterocycles. The Morgan fingerprint density at radius 1 is 0.957 bits per heavy atom. The minimum atomic E-state index is -1.04. The van der Waals surface area contributed by atoms with Crippen molar-refractivity contribution in [3.63, 3.8) is 0 Å². The smallest absolute Gasteiger partial charge is 0.870 e. The van der Waals surface area contributed by atoms with Crippen LogP contribution in [0, 0.1) is 0 Å². The fourth-order valence-corrected chi connectivity index (χ4v) is 2.13. The summed E-state index contributed by atoms with van der Waals surface area (Å²) in [5.41, 5.74) is 1.22. The van der Waals surface area contributed by atoms with Crippen LogP contribution in [0.4, 0.5) is 5.69 Å². The molecule has 2 rings (SSSR count). The van der Waals surface area contributed by atoms with Crippen molar-refractivity contribution in [1.82, 2.24) is 0 Å². The van der Waals surface area contributed by atoms with E-state index in [2.05, 4.69) is 0 Å². The molecule has 0 aliphatic carbocycles. The van der Waals surface area contributed by atoms with Crippen molar-refractivity contribution >= 4 is 38.5 Å². The molecule has 0 atom stereocenters. The molecule has 4 N–H and O–H groups in total. The van der Waals surface area contributed by atoms with Gasteiger partial charge in [0.2, 0.25) is 0 Å². The number of carbonyl (C=O) groups is 2. The zero-order valence-corrected chi connectivity index (χ0v) is 14.3. The number of carboxylic acids is 1. The molecule has 8 heteroatoms. The first-order chi connectivity index (χ1) is 9.49. The van der Waals surface area contributed by atoms with Crippen molar-refractivity contribution in [3.8, 4) is 0 Å². The molecular weight excluding hydrogens is 363 g/mol. The predicted octanol–water partition coefficient (Wildman–Crippen LogP) is 0.925. The quantitative estimate of drug-likeness (QED) is 0.786. The maximum atomic E-state index is 12.3. The third-order valence-corrected chi connectivity index (χ3v) is 3.62. The van der Waals surface area contributed by atoms with E-state index in [0.717, 1.165) is 10.1 Å². The Labute approximate surface area is 141 Å². The summed E-state index contributed by atoms with van der Waals surface area (Å²) in [6.07, 6.45) is 0. The number of amides is 1. The van der Waals surface area contributed by atoms with E-state index < -0.39 is 5.97 Å². The van der Waals surface area contributed by atoms with Gasteiger partial charge in [-0.3, -0.25) is 0 Å². The van der Waals surface area contributed by atoms with E-state index in [9.17, 15) is 9.59 Å². The van der Waals surface area contributed by atoms with E-state index in [4.69, 9.17) is 5.11 Å². The van der Waals surface area contributed by atoms with Gasteiger partial charge in [0, 0.05) is 0 Å². The first-order valence-electron chi connectivity index (χ1n) is 5.92. The zero-order chi connectivity index (χ0) is 14.7. The largest absolute Gasteiger partial charge is 0.870 e. The van der Waals surface area contributed by atoms with Gasteiger partial charge >= 0.3 is 125 Å². The van der Waals surface area contributed by atoms with Crippen LogP contribution in [0.3, 0.4) is 0 Å². The summed E-state index contributed by atoms with van der Waals surface area (Å²) in [6.45, 7) is 0. The number of anilines is 1. The van der Waals surface area contributed by atoms with Crippen LogP contribution in [-0.4, -0.2) is 57.0 Å². The van der Waals surface area contributed by atoms with Crippen LogP contribution in [0.5, 0.6) is 0 Å². The number of hydrogen-bond donors (Lipinski definition) is 1. The van der Waals surface area contributed by atoms with Crippen LogP contribution in [0.15, 0.2) is 48.5 Å². The second-order valence-corrected chi connectivity index (χ2v) is 5.51. The van der Waals surface area contributed by atoms with Crippen molar-refractivity contribution in [3.05, 3.63) is 59.7 Å². The van der Waals surface area contributed by atoms with Gasteiger partial charge in [0.15, 0.2) is 0 Å². The fourth-order valence-electron chi connectivity index (χ4n) is 1.78.